The van der Waals surface area contributed by atoms with Crippen molar-refractivity contribution in [2.24, 2.45) is 5.73 Å². The van der Waals surface area contributed by atoms with Crippen LogP contribution in [0.2, 0.25) is 5.02 Å². The van der Waals surface area contributed by atoms with E-state index in [1.165, 1.54) is 5.69 Å². The molecule has 0 amide bonds. The van der Waals surface area contributed by atoms with Crippen LogP contribution in [0, 0.1) is 0 Å². The molecule has 112 valence electrons. The van der Waals surface area contributed by atoms with Gasteiger partial charge in [-0.15, -0.1) is 0 Å². The van der Waals surface area contributed by atoms with Gasteiger partial charge >= 0.3 is 0 Å². The Morgan fingerprint density at radius 3 is 2.43 bits per heavy atom. The molecule has 2 rings (SSSR count). The monoisotopic (exact) mass is 302 g/mol. The standard InChI is InChI=1S/C18H23ClN2/c1-3-4-12-21(16-8-6-5-7-9-16)18-11-10-15(14(2)20)13-17(18)19/h5-11,13-14H,3-4,12,20H2,1-2H3. The summed E-state index contributed by atoms with van der Waals surface area (Å²) in [4.78, 5) is 2.27. The largest absolute Gasteiger partial charge is 0.340 e. The Kier molecular flexibility index (Phi) is 5.66. The van der Waals surface area contributed by atoms with Gasteiger partial charge in [-0.2, -0.15) is 0 Å². The van der Waals surface area contributed by atoms with Gasteiger partial charge in [-0.05, 0) is 43.2 Å². The van der Waals surface area contributed by atoms with E-state index in [1.54, 1.807) is 0 Å². The molecule has 21 heavy (non-hydrogen) atoms. The predicted octanol–water partition coefficient (Wildman–Crippen LogP) is 5.30. The third kappa shape index (κ3) is 3.99. The molecular formula is C18H23ClN2. The number of hydrogen-bond acceptors (Lipinski definition) is 2. The van der Waals surface area contributed by atoms with E-state index in [-0.39, 0.29) is 6.04 Å². The Morgan fingerprint density at radius 1 is 1.14 bits per heavy atom. The summed E-state index contributed by atoms with van der Waals surface area (Å²) in [5.41, 5.74) is 9.20. The smallest absolute Gasteiger partial charge is 0.0646 e. The molecule has 0 saturated heterocycles. The maximum absolute atomic E-state index is 6.50. The van der Waals surface area contributed by atoms with E-state index < -0.39 is 0 Å². The van der Waals surface area contributed by atoms with Gasteiger partial charge in [-0.25, -0.2) is 0 Å². The molecule has 2 N–H and O–H groups in total. The van der Waals surface area contributed by atoms with E-state index in [4.69, 9.17) is 17.3 Å². The number of benzene rings is 2. The highest BCUT2D eigenvalue weighted by molar-refractivity contribution is 6.33. The van der Waals surface area contributed by atoms with Crippen LogP contribution in [-0.4, -0.2) is 6.54 Å². The van der Waals surface area contributed by atoms with Gasteiger partial charge in [0.15, 0.2) is 0 Å². The van der Waals surface area contributed by atoms with Crippen molar-refractivity contribution in [1.29, 1.82) is 0 Å². The average molecular weight is 303 g/mol. The maximum atomic E-state index is 6.50. The van der Waals surface area contributed by atoms with Crippen LogP contribution < -0.4 is 10.6 Å². The number of halogens is 1. The number of unbranched alkanes of at least 4 members (excludes halogenated alkanes) is 1. The lowest BCUT2D eigenvalue weighted by Gasteiger charge is -2.26. The molecule has 3 heteroatoms. The first-order valence-corrected chi connectivity index (χ1v) is 7.89. The second kappa shape index (κ2) is 7.48. The fraction of sp³-hybridized carbons (Fsp3) is 0.333. The van der Waals surface area contributed by atoms with Crippen LogP contribution in [0.25, 0.3) is 0 Å². The summed E-state index contributed by atoms with van der Waals surface area (Å²) in [6, 6.07) is 16.5. The average Bonchev–Trinajstić information content (AvgIpc) is 2.50. The minimum Gasteiger partial charge on any atom is -0.340 e. The Bertz CT molecular complexity index is 567. The zero-order valence-corrected chi connectivity index (χ0v) is 13.5. The van der Waals surface area contributed by atoms with Gasteiger partial charge < -0.3 is 10.6 Å². The van der Waals surface area contributed by atoms with Gasteiger partial charge in [0.1, 0.15) is 0 Å². The summed E-state index contributed by atoms with van der Waals surface area (Å²) in [5, 5.41) is 0.754. The highest BCUT2D eigenvalue weighted by Crippen LogP contribution is 2.33. The number of anilines is 2. The lowest BCUT2D eigenvalue weighted by atomic mass is 10.1. The number of nitrogens with two attached hydrogens (primary N) is 1. The fourth-order valence-corrected chi connectivity index (χ4v) is 2.63. The maximum Gasteiger partial charge on any atom is 0.0646 e. The molecule has 0 aromatic heterocycles. The molecule has 2 aromatic rings. The van der Waals surface area contributed by atoms with Crippen LogP contribution in [0.4, 0.5) is 11.4 Å². The molecule has 0 aliphatic heterocycles. The molecule has 2 nitrogen and oxygen atoms in total. The van der Waals surface area contributed by atoms with Crippen molar-refractivity contribution in [2.75, 3.05) is 11.4 Å². The first-order chi connectivity index (χ1) is 10.1. The van der Waals surface area contributed by atoms with E-state index in [2.05, 4.69) is 48.2 Å². The Balaban J connectivity index is 2.37. The van der Waals surface area contributed by atoms with E-state index in [0.717, 1.165) is 35.7 Å². The van der Waals surface area contributed by atoms with E-state index in [0.29, 0.717) is 0 Å². The summed E-state index contributed by atoms with van der Waals surface area (Å²) in [6.07, 6.45) is 2.28. The van der Waals surface area contributed by atoms with Crippen molar-refractivity contribution in [3.63, 3.8) is 0 Å². The van der Waals surface area contributed by atoms with Crippen LogP contribution in [0.3, 0.4) is 0 Å². The minimum atomic E-state index is -0.00244. The van der Waals surface area contributed by atoms with Crippen LogP contribution in [0.1, 0.15) is 38.3 Å². The number of nitrogens with zero attached hydrogens (tertiary/aromatic N) is 1. The Morgan fingerprint density at radius 2 is 1.86 bits per heavy atom. The molecule has 0 aliphatic rings. The van der Waals surface area contributed by atoms with Crippen molar-refractivity contribution in [3.8, 4) is 0 Å². The molecule has 1 unspecified atom stereocenters. The first kappa shape index (κ1) is 15.9. The third-order valence-corrected chi connectivity index (χ3v) is 3.89. The summed E-state index contributed by atoms with van der Waals surface area (Å²) in [5.74, 6) is 0. The quantitative estimate of drug-likeness (QED) is 0.784. The van der Waals surface area contributed by atoms with Gasteiger partial charge in [0.05, 0.1) is 10.7 Å². The molecule has 0 saturated carbocycles. The molecule has 0 spiro atoms. The number of rotatable bonds is 6. The van der Waals surface area contributed by atoms with Crippen molar-refractivity contribution < 1.29 is 0 Å². The zero-order valence-electron chi connectivity index (χ0n) is 12.7. The lowest BCUT2D eigenvalue weighted by Crippen LogP contribution is -2.19. The highest BCUT2D eigenvalue weighted by Gasteiger charge is 2.13. The summed E-state index contributed by atoms with van der Waals surface area (Å²) >= 11 is 6.50. The molecule has 1 atom stereocenters. The third-order valence-electron chi connectivity index (χ3n) is 3.59. The van der Waals surface area contributed by atoms with E-state index in [1.807, 2.05) is 19.1 Å². The van der Waals surface area contributed by atoms with E-state index >= 15 is 0 Å². The topological polar surface area (TPSA) is 29.3 Å². The van der Waals surface area contributed by atoms with Crippen molar-refractivity contribution in [1.82, 2.24) is 0 Å². The van der Waals surface area contributed by atoms with E-state index in [9.17, 15) is 0 Å². The van der Waals surface area contributed by atoms with Gasteiger partial charge in [0, 0.05) is 18.3 Å². The SMILES string of the molecule is CCCCN(c1ccccc1)c1ccc(C(C)N)cc1Cl. The van der Waals surface area contributed by atoms with Crippen LogP contribution in [0.15, 0.2) is 48.5 Å². The van der Waals surface area contributed by atoms with Gasteiger partial charge in [0.25, 0.3) is 0 Å². The lowest BCUT2D eigenvalue weighted by molar-refractivity contribution is 0.784. The predicted molar refractivity (Wildman–Crippen MR) is 92.4 cm³/mol. The Hall–Kier alpha value is -1.51. The van der Waals surface area contributed by atoms with Crippen LogP contribution in [0.5, 0.6) is 0 Å². The fourth-order valence-electron chi connectivity index (χ4n) is 2.34. The number of para-hydroxylation sites is 1. The van der Waals surface area contributed by atoms with Crippen LogP contribution >= 0.6 is 11.6 Å². The molecule has 0 radical (unpaired) electrons. The molecule has 0 fully saturated rings. The zero-order chi connectivity index (χ0) is 15.2. The summed E-state index contributed by atoms with van der Waals surface area (Å²) < 4.78 is 0. The van der Waals surface area contributed by atoms with Crippen LogP contribution in [-0.2, 0) is 0 Å². The van der Waals surface area contributed by atoms with Crippen molar-refractivity contribution >= 4 is 23.0 Å². The second-order valence-corrected chi connectivity index (χ2v) is 5.75. The van der Waals surface area contributed by atoms with Crippen molar-refractivity contribution in [3.05, 3.63) is 59.1 Å². The molecular weight excluding hydrogens is 280 g/mol. The second-order valence-electron chi connectivity index (χ2n) is 5.34. The summed E-state index contributed by atoms with van der Waals surface area (Å²) in [7, 11) is 0. The normalized spacial score (nSPS) is 12.2. The number of hydrogen-bond donors (Lipinski definition) is 1. The molecule has 2 aromatic carbocycles. The highest BCUT2D eigenvalue weighted by atomic mass is 35.5. The van der Waals surface area contributed by atoms with Gasteiger partial charge in [0.2, 0.25) is 0 Å². The van der Waals surface area contributed by atoms with Gasteiger partial charge in [-0.1, -0.05) is 49.2 Å². The molecule has 0 aliphatic carbocycles. The first-order valence-electron chi connectivity index (χ1n) is 7.51. The Labute approximate surface area is 132 Å². The van der Waals surface area contributed by atoms with Crippen molar-refractivity contribution in [2.45, 2.75) is 32.7 Å². The molecule has 0 heterocycles. The van der Waals surface area contributed by atoms with Gasteiger partial charge in [-0.3, -0.25) is 0 Å². The molecule has 0 bridgehead atoms. The minimum absolute atomic E-state index is 0.00244. The summed E-state index contributed by atoms with van der Waals surface area (Å²) in [6.45, 7) is 5.12.